The average molecular weight is 228 g/mol. The molecule has 0 amide bonds. The number of hydrogen-bond donors (Lipinski definition) is 0. The van der Waals surface area contributed by atoms with Crippen LogP contribution >= 0.6 is 11.6 Å². The Kier molecular flexibility index (Phi) is 4.10. The van der Waals surface area contributed by atoms with E-state index < -0.39 is 0 Å². The SMILES string of the molecule is CN(CC=CCCl)CC1CC2CCC1C2. The predicted molar refractivity (Wildman–Crippen MR) is 66.3 cm³/mol. The molecule has 0 N–H and O–H groups in total. The molecule has 0 aromatic heterocycles. The molecule has 1 nitrogen and oxygen atoms in total. The van der Waals surface area contributed by atoms with E-state index in [1.807, 2.05) is 6.08 Å². The summed E-state index contributed by atoms with van der Waals surface area (Å²) in [6.07, 6.45) is 10.3. The predicted octanol–water partition coefficient (Wildman–Crippen LogP) is 3.15. The van der Waals surface area contributed by atoms with Crippen LogP contribution in [-0.4, -0.2) is 30.9 Å². The first kappa shape index (κ1) is 11.5. The first-order valence-corrected chi connectivity index (χ1v) is 6.72. The maximum atomic E-state index is 5.60. The monoisotopic (exact) mass is 227 g/mol. The average Bonchev–Trinajstić information content (AvgIpc) is 2.79. The number of fused-ring (bicyclic) bond motifs is 2. The van der Waals surface area contributed by atoms with Gasteiger partial charge >= 0.3 is 0 Å². The van der Waals surface area contributed by atoms with Crippen LogP contribution < -0.4 is 0 Å². The maximum absolute atomic E-state index is 5.60. The molecule has 0 aromatic rings. The van der Waals surface area contributed by atoms with Gasteiger partial charge in [0, 0.05) is 19.0 Å². The Morgan fingerprint density at radius 1 is 1.27 bits per heavy atom. The third kappa shape index (κ3) is 2.98. The third-order valence-electron chi connectivity index (χ3n) is 4.10. The Bertz CT molecular complexity index is 227. The third-order valence-corrected chi connectivity index (χ3v) is 4.28. The first-order chi connectivity index (χ1) is 7.29. The minimum absolute atomic E-state index is 0.641. The highest BCUT2D eigenvalue weighted by atomic mass is 35.5. The molecular formula is C13H22ClN. The summed E-state index contributed by atoms with van der Waals surface area (Å²) in [5.41, 5.74) is 0. The molecule has 2 fully saturated rings. The van der Waals surface area contributed by atoms with Gasteiger partial charge in [-0.2, -0.15) is 0 Å². The summed E-state index contributed by atoms with van der Waals surface area (Å²) in [7, 11) is 2.23. The van der Waals surface area contributed by atoms with E-state index in [1.165, 1.54) is 32.2 Å². The first-order valence-electron chi connectivity index (χ1n) is 6.19. The molecule has 0 heterocycles. The molecule has 0 spiro atoms. The Hall–Kier alpha value is -0.0100. The molecule has 2 saturated carbocycles. The smallest absolute Gasteiger partial charge is 0.0404 e. The van der Waals surface area contributed by atoms with E-state index in [1.54, 1.807) is 0 Å². The van der Waals surface area contributed by atoms with Crippen LogP contribution in [0.2, 0.25) is 0 Å². The van der Waals surface area contributed by atoms with Crippen molar-refractivity contribution in [3.05, 3.63) is 12.2 Å². The van der Waals surface area contributed by atoms with Crippen molar-refractivity contribution in [3.8, 4) is 0 Å². The molecule has 0 saturated heterocycles. The van der Waals surface area contributed by atoms with Gasteiger partial charge in [-0.1, -0.05) is 18.6 Å². The molecule has 86 valence electrons. The summed E-state index contributed by atoms with van der Waals surface area (Å²) in [6.45, 7) is 2.34. The molecule has 3 unspecified atom stereocenters. The normalized spacial score (nSPS) is 34.7. The second-order valence-corrected chi connectivity index (χ2v) is 5.59. The Morgan fingerprint density at radius 2 is 2.13 bits per heavy atom. The van der Waals surface area contributed by atoms with Crippen molar-refractivity contribution in [3.63, 3.8) is 0 Å². The molecule has 2 bridgehead atoms. The van der Waals surface area contributed by atoms with Gasteiger partial charge in [0.05, 0.1) is 0 Å². The quantitative estimate of drug-likeness (QED) is 0.515. The van der Waals surface area contributed by atoms with E-state index in [9.17, 15) is 0 Å². The summed E-state index contributed by atoms with van der Waals surface area (Å²) < 4.78 is 0. The lowest BCUT2D eigenvalue weighted by atomic mass is 9.88. The van der Waals surface area contributed by atoms with Gasteiger partial charge in [0.15, 0.2) is 0 Å². The summed E-state index contributed by atoms with van der Waals surface area (Å²) in [4.78, 5) is 2.44. The lowest BCUT2D eigenvalue weighted by molar-refractivity contribution is 0.233. The van der Waals surface area contributed by atoms with Crippen LogP contribution in [-0.2, 0) is 0 Å². The van der Waals surface area contributed by atoms with Crippen LogP contribution in [0.3, 0.4) is 0 Å². The van der Waals surface area contributed by atoms with Crippen LogP contribution in [0.5, 0.6) is 0 Å². The van der Waals surface area contributed by atoms with E-state index in [0.29, 0.717) is 5.88 Å². The van der Waals surface area contributed by atoms with Gasteiger partial charge in [-0.15, -0.1) is 11.6 Å². The highest BCUT2D eigenvalue weighted by molar-refractivity contribution is 6.18. The number of allylic oxidation sites excluding steroid dienone is 1. The zero-order valence-corrected chi connectivity index (χ0v) is 10.4. The Morgan fingerprint density at radius 3 is 2.73 bits per heavy atom. The molecule has 0 radical (unpaired) electrons. The molecular weight excluding hydrogens is 206 g/mol. The fourth-order valence-corrected chi connectivity index (χ4v) is 3.52. The molecule has 3 atom stereocenters. The molecule has 2 aliphatic carbocycles. The van der Waals surface area contributed by atoms with Gasteiger partial charge in [0.2, 0.25) is 0 Å². The van der Waals surface area contributed by atoms with Gasteiger partial charge in [-0.05, 0) is 44.1 Å². The second kappa shape index (κ2) is 5.36. The number of hydrogen-bond acceptors (Lipinski definition) is 1. The van der Waals surface area contributed by atoms with Crippen molar-refractivity contribution in [2.24, 2.45) is 17.8 Å². The number of halogens is 1. The number of likely N-dealkylation sites (N-methyl/N-ethyl adjacent to an activating group) is 1. The van der Waals surface area contributed by atoms with E-state index in [4.69, 9.17) is 11.6 Å². The van der Waals surface area contributed by atoms with Crippen LogP contribution in [0.15, 0.2) is 12.2 Å². The van der Waals surface area contributed by atoms with Crippen molar-refractivity contribution in [1.29, 1.82) is 0 Å². The van der Waals surface area contributed by atoms with Gasteiger partial charge in [0.25, 0.3) is 0 Å². The summed E-state index contributed by atoms with van der Waals surface area (Å²) in [5, 5.41) is 0. The highest BCUT2D eigenvalue weighted by Gasteiger charge is 2.39. The van der Waals surface area contributed by atoms with Crippen LogP contribution in [0.4, 0.5) is 0 Å². The van der Waals surface area contributed by atoms with E-state index in [-0.39, 0.29) is 0 Å². The van der Waals surface area contributed by atoms with Crippen LogP contribution in [0, 0.1) is 17.8 Å². The fourth-order valence-electron chi connectivity index (χ4n) is 3.39. The lowest BCUT2D eigenvalue weighted by Gasteiger charge is -2.26. The van der Waals surface area contributed by atoms with Crippen LogP contribution in [0.25, 0.3) is 0 Å². The zero-order valence-electron chi connectivity index (χ0n) is 9.66. The molecule has 2 rings (SSSR count). The number of nitrogens with zero attached hydrogens (tertiary/aromatic N) is 1. The minimum Gasteiger partial charge on any atom is -0.302 e. The van der Waals surface area contributed by atoms with Crippen molar-refractivity contribution < 1.29 is 0 Å². The standard InChI is InChI=1S/C13H22ClN/c1-15(7-3-2-6-14)10-13-9-11-4-5-12(13)8-11/h2-3,11-13H,4-10H2,1H3. The summed E-state index contributed by atoms with van der Waals surface area (Å²) >= 11 is 5.60. The van der Waals surface area contributed by atoms with Crippen molar-refractivity contribution in [1.82, 2.24) is 4.90 Å². The minimum atomic E-state index is 0.641. The molecule has 15 heavy (non-hydrogen) atoms. The molecule has 2 aliphatic rings. The fraction of sp³-hybridized carbons (Fsp3) is 0.846. The van der Waals surface area contributed by atoms with Gasteiger partial charge in [-0.3, -0.25) is 0 Å². The van der Waals surface area contributed by atoms with Gasteiger partial charge in [0.1, 0.15) is 0 Å². The van der Waals surface area contributed by atoms with Crippen molar-refractivity contribution >= 4 is 11.6 Å². The topological polar surface area (TPSA) is 3.24 Å². The Labute approximate surface area is 98.5 Å². The van der Waals surface area contributed by atoms with Crippen LogP contribution in [0.1, 0.15) is 25.7 Å². The Balaban J connectivity index is 1.70. The van der Waals surface area contributed by atoms with Crippen molar-refractivity contribution in [2.45, 2.75) is 25.7 Å². The largest absolute Gasteiger partial charge is 0.302 e. The maximum Gasteiger partial charge on any atom is 0.0404 e. The zero-order chi connectivity index (χ0) is 10.7. The van der Waals surface area contributed by atoms with Crippen molar-refractivity contribution in [2.75, 3.05) is 26.0 Å². The van der Waals surface area contributed by atoms with E-state index >= 15 is 0 Å². The van der Waals surface area contributed by atoms with Gasteiger partial charge < -0.3 is 4.90 Å². The molecule has 2 heteroatoms. The summed E-state index contributed by atoms with van der Waals surface area (Å²) in [6, 6.07) is 0. The highest BCUT2D eigenvalue weighted by Crippen LogP contribution is 2.48. The van der Waals surface area contributed by atoms with E-state index in [0.717, 1.165) is 24.3 Å². The lowest BCUT2D eigenvalue weighted by Crippen LogP contribution is -2.28. The number of rotatable bonds is 5. The molecule has 0 aromatic carbocycles. The number of alkyl halides is 1. The molecule has 0 aliphatic heterocycles. The van der Waals surface area contributed by atoms with E-state index in [2.05, 4.69) is 18.0 Å². The second-order valence-electron chi connectivity index (χ2n) is 5.28. The summed E-state index contributed by atoms with van der Waals surface area (Å²) in [5.74, 6) is 3.75. The van der Waals surface area contributed by atoms with Gasteiger partial charge in [-0.25, -0.2) is 0 Å².